The molecule has 5 nitrogen and oxygen atoms in total. The molecule has 0 heterocycles. The van der Waals surface area contributed by atoms with Gasteiger partial charge in [-0.25, -0.2) is 12.7 Å². The van der Waals surface area contributed by atoms with E-state index in [1.54, 1.807) is 18.2 Å². The Morgan fingerprint density at radius 2 is 1.92 bits per heavy atom. The molecule has 0 fully saturated rings. The van der Waals surface area contributed by atoms with Crippen molar-refractivity contribution in [3.05, 3.63) is 23.8 Å². The van der Waals surface area contributed by atoms with Gasteiger partial charge in [0, 0.05) is 25.8 Å². The molecule has 0 radical (unpaired) electrons. The number of anilines is 1. The Bertz CT molecular complexity index is 673. The van der Waals surface area contributed by atoms with Crippen LogP contribution in [0.1, 0.15) is 51.5 Å². The lowest BCUT2D eigenvalue weighted by Crippen LogP contribution is -2.36. The van der Waals surface area contributed by atoms with Crippen molar-refractivity contribution >= 4 is 33.0 Å². The second-order valence-corrected chi connectivity index (χ2v) is 9.17. The molecule has 1 aromatic carbocycles. The predicted molar refractivity (Wildman–Crippen MR) is 110 cm³/mol. The first-order valence-electron chi connectivity index (χ1n) is 8.79. The van der Waals surface area contributed by atoms with Crippen LogP contribution in [-0.2, 0) is 10.0 Å². The fourth-order valence-corrected chi connectivity index (χ4v) is 3.68. The number of sulfonamides is 1. The molecular weight excluding hydrogens is 354 g/mol. The summed E-state index contributed by atoms with van der Waals surface area (Å²) in [5, 5.41) is 6.92. The molecule has 0 bridgehead atoms. The zero-order valence-corrected chi connectivity index (χ0v) is 17.6. The molecule has 1 rings (SSSR count). The molecule has 0 saturated heterocycles. The lowest BCUT2D eigenvalue weighted by Gasteiger charge is -2.19. The number of nitrogens with one attached hydrogen (secondary N) is 2. The Morgan fingerprint density at radius 3 is 2.52 bits per heavy atom. The first kappa shape index (κ1) is 21.9. The molecule has 1 aromatic rings. The highest BCUT2D eigenvalue weighted by Gasteiger charge is 2.18. The summed E-state index contributed by atoms with van der Waals surface area (Å²) in [7, 11) is -0.418. The Kier molecular flexibility index (Phi) is 8.82. The van der Waals surface area contributed by atoms with Crippen LogP contribution in [0.4, 0.5) is 5.69 Å². The van der Waals surface area contributed by atoms with Gasteiger partial charge >= 0.3 is 0 Å². The molecule has 1 atom stereocenters. The lowest BCUT2D eigenvalue weighted by molar-refractivity contribution is 0.521. The number of unbranched alkanes of at least 4 members (excludes halogenated alkanes) is 3. The monoisotopic (exact) mass is 385 g/mol. The molecule has 0 unspecified atom stereocenters. The molecule has 0 saturated carbocycles. The summed E-state index contributed by atoms with van der Waals surface area (Å²) >= 11 is 5.38. The van der Waals surface area contributed by atoms with Gasteiger partial charge in [-0.15, -0.1) is 0 Å². The van der Waals surface area contributed by atoms with E-state index in [0.29, 0.717) is 10.8 Å². The largest absolute Gasteiger partial charge is 0.360 e. The zero-order valence-electron chi connectivity index (χ0n) is 15.9. The molecule has 25 heavy (non-hydrogen) atoms. The Labute approximate surface area is 158 Å². The Hall–Kier alpha value is -1.18. The summed E-state index contributed by atoms with van der Waals surface area (Å²) in [4.78, 5) is 0.251. The molecule has 0 aromatic heterocycles. The second-order valence-electron chi connectivity index (χ2n) is 6.61. The maximum atomic E-state index is 12.3. The van der Waals surface area contributed by atoms with E-state index in [2.05, 4.69) is 24.5 Å². The van der Waals surface area contributed by atoms with Crippen LogP contribution in [0.15, 0.2) is 23.1 Å². The van der Waals surface area contributed by atoms with E-state index in [-0.39, 0.29) is 10.9 Å². The van der Waals surface area contributed by atoms with Gasteiger partial charge < -0.3 is 10.6 Å². The number of hydrogen-bond acceptors (Lipinski definition) is 3. The maximum Gasteiger partial charge on any atom is 0.242 e. The van der Waals surface area contributed by atoms with Gasteiger partial charge in [0.25, 0.3) is 0 Å². The molecule has 0 aliphatic carbocycles. The van der Waals surface area contributed by atoms with Gasteiger partial charge in [-0.1, -0.05) is 38.7 Å². The fraction of sp³-hybridized carbons (Fsp3) is 0.611. The summed E-state index contributed by atoms with van der Waals surface area (Å²) < 4.78 is 25.8. The SMILES string of the molecule is CCCCCC[C@H](C)NC(=S)Nc1cc(S(=O)(=O)N(C)C)ccc1C. The van der Waals surface area contributed by atoms with Crippen LogP contribution in [0.3, 0.4) is 0 Å². The quantitative estimate of drug-likeness (QED) is 0.499. The van der Waals surface area contributed by atoms with Crippen LogP contribution in [0, 0.1) is 6.92 Å². The van der Waals surface area contributed by atoms with Crippen LogP contribution in [0.25, 0.3) is 0 Å². The van der Waals surface area contributed by atoms with Crippen LogP contribution in [-0.4, -0.2) is 38.0 Å². The van der Waals surface area contributed by atoms with Crippen molar-refractivity contribution in [2.24, 2.45) is 0 Å². The molecular formula is C18H31N3O2S2. The van der Waals surface area contributed by atoms with Crippen LogP contribution < -0.4 is 10.6 Å². The van der Waals surface area contributed by atoms with Gasteiger partial charge in [0.1, 0.15) is 0 Å². The molecule has 0 amide bonds. The van der Waals surface area contributed by atoms with Crippen molar-refractivity contribution in [2.75, 3.05) is 19.4 Å². The van der Waals surface area contributed by atoms with E-state index >= 15 is 0 Å². The van der Waals surface area contributed by atoms with Gasteiger partial charge in [-0.05, 0) is 50.2 Å². The van der Waals surface area contributed by atoms with E-state index in [9.17, 15) is 8.42 Å². The first-order chi connectivity index (χ1) is 11.7. The number of hydrogen-bond donors (Lipinski definition) is 2. The van der Waals surface area contributed by atoms with Crippen molar-refractivity contribution in [1.82, 2.24) is 9.62 Å². The lowest BCUT2D eigenvalue weighted by atomic mass is 10.1. The van der Waals surface area contributed by atoms with E-state index in [1.807, 2.05) is 6.92 Å². The van der Waals surface area contributed by atoms with Crippen LogP contribution in [0.5, 0.6) is 0 Å². The number of nitrogens with zero attached hydrogens (tertiary/aromatic N) is 1. The average molecular weight is 386 g/mol. The third-order valence-corrected chi connectivity index (χ3v) is 6.13. The third kappa shape index (κ3) is 6.92. The molecule has 7 heteroatoms. The van der Waals surface area contributed by atoms with Crippen LogP contribution >= 0.6 is 12.2 Å². The topological polar surface area (TPSA) is 61.4 Å². The zero-order chi connectivity index (χ0) is 19.0. The highest BCUT2D eigenvalue weighted by atomic mass is 32.2. The normalized spacial score (nSPS) is 12.9. The fourth-order valence-electron chi connectivity index (χ4n) is 2.44. The van der Waals surface area contributed by atoms with Crippen LogP contribution in [0.2, 0.25) is 0 Å². The number of aryl methyl sites for hydroxylation is 1. The number of benzene rings is 1. The summed E-state index contributed by atoms with van der Waals surface area (Å²) in [5.41, 5.74) is 1.65. The third-order valence-electron chi connectivity index (χ3n) is 4.10. The van der Waals surface area contributed by atoms with E-state index in [1.165, 1.54) is 44.1 Å². The first-order valence-corrected chi connectivity index (χ1v) is 10.6. The van der Waals surface area contributed by atoms with E-state index in [0.717, 1.165) is 12.0 Å². The van der Waals surface area contributed by atoms with Gasteiger partial charge in [0.15, 0.2) is 5.11 Å². The summed E-state index contributed by atoms with van der Waals surface area (Å²) in [6.07, 6.45) is 5.98. The minimum atomic E-state index is -3.46. The average Bonchev–Trinajstić information content (AvgIpc) is 2.53. The van der Waals surface area contributed by atoms with Gasteiger partial charge in [0.05, 0.1) is 4.90 Å². The van der Waals surface area contributed by atoms with Crippen molar-refractivity contribution in [1.29, 1.82) is 0 Å². The molecule has 0 aliphatic rings. The van der Waals surface area contributed by atoms with Gasteiger partial charge in [0.2, 0.25) is 10.0 Å². The predicted octanol–water partition coefficient (Wildman–Crippen LogP) is 3.89. The van der Waals surface area contributed by atoms with Crippen molar-refractivity contribution in [3.8, 4) is 0 Å². The second kappa shape index (κ2) is 10.1. The van der Waals surface area contributed by atoms with Gasteiger partial charge in [-0.3, -0.25) is 0 Å². The molecule has 142 valence electrons. The maximum absolute atomic E-state index is 12.3. The van der Waals surface area contributed by atoms with E-state index in [4.69, 9.17) is 12.2 Å². The number of thiocarbonyl (C=S) groups is 1. The Balaban J connectivity index is 2.71. The molecule has 2 N–H and O–H groups in total. The van der Waals surface area contributed by atoms with Crippen molar-refractivity contribution in [3.63, 3.8) is 0 Å². The summed E-state index contributed by atoms with van der Waals surface area (Å²) in [5.74, 6) is 0. The van der Waals surface area contributed by atoms with Crippen molar-refractivity contribution in [2.45, 2.75) is 63.8 Å². The molecule has 0 spiro atoms. The van der Waals surface area contributed by atoms with Crippen molar-refractivity contribution < 1.29 is 8.42 Å². The Morgan fingerprint density at radius 1 is 1.24 bits per heavy atom. The minimum absolute atomic E-state index is 0.251. The highest BCUT2D eigenvalue weighted by molar-refractivity contribution is 7.89. The summed E-state index contributed by atoms with van der Waals surface area (Å²) in [6, 6.07) is 5.31. The van der Waals surface area contributed by atoms with Gasteiger partial charge in [-0.2, -0.15) is 0 Å². The highest BCUT2D eigenvalue weighted by Crippen LogP contribution is 2.22. The minimum Gasteiger partial charge on any atom is -0.360 e. The number of rotatable bonds is 9. The smallest absolute Gasteiger partial charge is 0.242 e. The standard InChI is InChI=1S/C18H31N3O2S2/c1-6-7-8-9-10-15(3)19-18(24)20-17-13-16(12-11-14(17)2)25(22,23)21(4)5/h11-13,15H,6-10H2,1-5H3,(H2,19,20,24)/t15-/m0/s1. The van der Waals surface area contributed by atoms with E-state index < -0.39 is 10.0 Å². The molecule has 0 aliphatic heterocycles. The summed E-state index contributed by atoms with van der Waals surface area (Å²) in [6.45, 7) is 6.23.